The van der Waals surface area contributed by atoms with E-state index in [-0.39, 0.29) is 18.6 Å². The molecule has 1 aliphatic heterocycles. The van der Waals surface area contributed by atoms with Crippen LogP contribution in [0.15, 0.2) is 49.1 Å². The molecular weight excluding hydrogens is 418 g/mol. The van der Waals surface area contributed by atoms with E-state index in [1.54, 1.807) is 25.3 Å². The number of allylic oxidation sites excluding steroid dienone is 1. The lowest BCUT2D eigenvalue weighted by Crippen LogP contribution is -2.20. The van der Waals surface area contributed by atoms with Crippen molar-refractivity contribution in [3.63, 3.8) is 0 Å². The minimum atomic E-state index is -0.479. The Morgan fingerprint density at radius 1 is 1.00 bits per heavy atom. The molecule has 2 aromatic carbocycles. The lowest BCUT2D eigenvalue weighted by molar-refractivity contribution is -0.144. The highest BCUT2D eigenvalue weighted by molar-refractivity contribution is 6.22. The van der Waals surface area contributed by atoms with E-state index in [4.69, 9.17) is 9.47 Å². The Hall–Kier alpha value is -3.41. The number of esters is 1. The molecule has 0 unspecified atom stereocenters. The summed E-state index contributed by atoms with van der Waals surface area (Å²) in [5.74, 6) is -0.704. The number of methoxy groups -OCH3 is 1. The van der Waals surface area contributed by atoms with Crippen molar-refractivity contribution in [1.82, 2.24) is 5.32 Å². The summed E-state index contributed by atoms with van der Waals surface area (Å²) in [5.41, 5.74) is 3.00. The van der Waals surface area contributed by atoms with Gasteiger partial charge in [0.05, 0.1) is 24.7 Å². The maximum atomic E-state index is 12.4. The fourth-order valence-corrected chi connectivity index (χ4v) is 4.01. The Morgan fingerprint density at radius 2 is 1.79 bits per heavy atom. The van der Waals surface area contributed by atoms with Crippen molar-refractivity contribution in [3.8, 4) is 5.75 Å². The molecule has 6 heteroatoms. The molecule has 0 spiro atoms. The van der Waals surface area contributed by atoms with Crippen molar-refractivity contribution < 1.29 is 23.9 Å². The molecule has 0 atom stereocenters. The number of hydrogen-bond acceptors (Lipinski definition) is 5. The zero-order valence-corrected chi connectivity index (χ0v) is 19.2. The van der Waals surface area contributed by atoms with E-state index in [0.29, 0.717) is 16.9 Å². The number of benzene rings is 2. The molecule has 0 bridgehead atoms. The van der Waals surface area contributed by atoms with Gasteiger partial charge in [0.25, 0.3) is 11.8 Å². The van der Waals surface area contributed by atoms with Gasteiger partial charge in [-0.15, -0.1) is 6.58 Å². The van der Waals surface area contributed by atoms with Gasteiger partial charge in [-0.05, 0) is 48.9 Å². The first-order valence-electron chi connectivity index (χ1n) is 11.4. The van der Waals surface area contributed by atoms with Gasteiger partial charge in [-0.2, -0.15) is 0 Å². The number of carbonyl (C=O) groups excluding carboxylic acids is 3. The van der Waals surface area contributed by atoms with E-state index in [9.17, 15) is 14.4 Å². The second-order valence-electron chi connectivity index (χ2n) is 8.20. The number of aryl methyl sites for hydroxylation is 1. The van der Waals surface area contributed by atoms with Crippen molar-refractivity contribution in [2.24, 2.45) is 0 Å². The van der Waals surface area contributed by atoms with Crippen LogP contribution in [0.4, 0.5) is 0 Å². The zero-order valence-electron chi connectivity index (χ0n) is 19.2. The van der Waals surface area contributed by atoms with Crippen molar-refractivity contribution in [1.29, 1.82) is 0 Å². The fourth-order valence-electron chi connectivity index (χ4n) is 4.01. The van der Waals surface area contributed by atoms with Crippen LogP contribution >= 0.6 is 0 Å². The highest BCUT2D eigenvalue weighted by atomic mass is 16.5. The summed E-state index contributed by atoms with van der Waals surface area (Å²) >= 11 is 0. The molecule has 0 saturated heterocycles. The number of unbranched alkanes of at least 4 members (excludes halogenated alkanes) is 5. The zero-order chi connectivity index (χ0) is 23.6. The van der Waals surface area contributed by atoms with E-state index < -0.39 is 17.8 Å². The highest BCUT2D eigenvalue weighted by Gasteiger charge is 2.29. The van der Waals surface area contributed by atoms with Gasteiger partial charge < -0.3 is 9.47 Å². The summed E-state index contributed by atoms with van der Waals surface area (Å²) in [4.78, 5) is 36.2. The Bertz CT molecular complexity index is 1030. The normalized spacial score (nSPS) is 12.3. The second-order valence-corrected chi connectivity index (χ2v) is 8.20. The van der Waals surface area contributed by atoms with E-state index in [0.717, 1.165) is 24.8 Å². The first-order chi connectivity index (χ1) is 16.0. The first kappa shape index (κ1) is 24.2. The van der Waals surface area contributed by atoms with Crippen LogP contribution in [0.5, 0.6) is 5.75 Å². The van der Waals surface area contributed by atoms with Crippen LogP contribution in [0.1, 0.15) is 75.9 Å². The largest absolute Gasteiger partial charge is 0.496 e. The van der Waals surface area contributed by atoms with Crippen LogP contribution < -0.4 is 10.1 Å². The number of hydrogen-bond donors (Lipinski definition) is 1. The van der Waals surface area contributed by atoms with Gasteiger partial charge in [0.15, 0.2) is 0 Å². The number of carbonyl (C=O) groups is 3. The SMILES string of the molecule is C=CCCCCCCCc1ccc(COC(=O)Cc2cccc3c2C(=O)NC3=O)c(OC)c1. The maximum absolute atomic E-state index is 12.4. The average molecular weight is 450 g/mol. The number of ether oxygens (including phenoxy) is 2. The molecule has 33 heavy (non-hydrogen) atoms. The van der Waals surface area contributed by atoms with Crippen molar-refractivity contribution in [2.45, 2.75) is 58.0 Å². The number of rotatable bonds is 13. The third-order valence-electron chi connectivity index (χ3n) is 5.80. The van der Waals surface area contributed by atoms with E-state index in [2.05, 4.69) is 11.9 Å². The van der Waals surface area contributed by atoms with Crippen LogP contribution in [-0.2, 0) is 29.0 Å². The summed E-state index contributed by atoms with van der Waals surface area (Å²) in [6.45, 7) is 3.83. The molecule has 3 rings (SSSR count). The van der Waals surface area contributed by atoms with Crippen LogP contribution in [0.25, 0.3) is 0 Å². The number of imide groups is 1. The van der Waals surface area contributed by atoms with Crippen LogP contribution in [0.3, 0.4) is 0 Å². The molecule has 2 aromatic rings. The van der Waals surface area contributed by atoms with Crippen molar-refractivity contribution in [3.05, 3.63) is 76.9 Å². The number of fused-ring (bicyclic) bond motifs is 1. The molecule has 1 heterocycles. The van der Waals surface area contributed by atoms with Gasteiger partial charge in [0.2, 0.25) is 0 Å². The Balaban J connectivity index is 1.51. The van der Waals surface area contributed by atoms with Gasteiger partial charge in [-0.3, -0.25) is 19.7 Å². The summed E-state index contributed by atoms with van der Waals surface area (Å²) < 4.78 is 10.9. The third-order valence-corrected chi connectivity index (χ3v) is 5.80. The maximum Gasteiger partial charge on any atom is 0.310 e. The van der Waals surface area contributed by atoms with Crippen LogP contribution in [0, 0.1) is 0 Å². The standard InChI is InChI=1S/C27H31NO5/c1-3-4-5-6-7-8-9-11-19-14-15-21(23(16-19)32-2)18-33-24(29)17-20-12-10-13-22-25(20)27(31)28-26(22)30/h3,10,12-16H,1,4-9,11,17-18H2,2H3,(H,28,30,31). The second kappa shape index (κ2) is 12.0. The average Bonchev–Trinajstić information content (AvgIpc) is 3.11. The van der Waals surface area contributed by atoms with Crippen molar-refractivity contribution >= 4 is 17.8 Å². The molecule has 2 amide bonds. The molecule has 174 valence electrons. The van der Waals surface area contributed by atoms with Gasteiger partial charge >= 0.3 is 5.97 Å². The molecular formula is C27H31NO5. The Labute approximate surface area is 195 Å². The summed E-state index contributed by atoms with van der Waals surface area (Å²) in [5, 5.41) is 2.25. The van der Waals surface area contributed by atoms with Crippen LogP contribution in [-0.4, -0.2) is 24.9 Å². The summed E-state index contributed by atoms with van der Waals surface area (Å²) in [6.07, 6.45) is 9.98. The number of amides is 2. The topological polar surface area (TPSA) is 81.7 Å². The predicted molar refractivity (Wildman–Crippen MR) is 126 cm³/mol. The Kier molecular flexibility index (Phi) is 8.81. The lowest BCUT2D eigenvalue weighted by atomic mass is 10.0. The quantitative estimate of drug-likeness (QED) is 0.203. The minimum Gasteiger partial charge on any atom is -0.496 e. The monoisotopic (exact) mass is 449 g/mol. The molecule has 0 aliphatic carbocycles. The molecule has 0 saturated carbocycles. The van der Waals surface area contributed by atoms with Crippen LogP contribution in [0.2, 0.25) is 0 Å². The Morgan fingerprint density at radius 3 is 2.58 bits per heavy atom. The highest BCUT2D eigenvalue weighted by Crippen LogP contribution is 2.24. The smallest absolute Gasteiger partial charge is 0.310 e. The molecule has 6 nitrogen and oxygen atoms in total. The molecule has 0 aromatic heterocycles. The van der Waals surface area contributed by atoms with Gasteiger partial charge in [0.1, 0.15) is 12.4 Å². The van der Waals surface area contributed by atoms with E-state index in [1.807, 2.05) is 24.3 Å². The van der Waals surface area contributed by atoms with Gasteiger partial charge in [0, 0.05) is 5.56 Å². The van der Waals surface area contributed by atoms with E-state index >= 15 is 0 Å². The van der Waals surface area contributed by atoms with E-state index in [1.165, 1.54) is 31.2 Å². The minimum absolute atomic E-state index is 0.0751. The fraction of sp³-hybridized carbons (Fsp3) is 0.370. The summed E-state index contributed by atoms with van der Waals surface area (Å²) in [6, 6.07) is 10.9. The summed E-state index contributed by atoms with van der Waals surface area (Å²) in [7, 11) is 1.60. The van der Waals surface area contributed by atoms with Crippen molar-refractivity contribution in [2.75, 3.05) is 7.11 Å². The lowest BCUT2D eigenvalue weighted by Gasteiger charge is -2.12. The predicted octanol–water partition coefficient (Wildman–Crippen LogP) is 4.93. The molecule has 1 aliphatic rings. The van der Waals surface area contributed by atoms with Gasteiger partial charge in [-0.1, -0.05) is 49.6 Å². The third kappa shape index (κ3) is 6.54. The molecule has 0 fully saturated rings. The van der Waals surface area contributed by atoms with Gasteiger partial charge in [-0.25, -0.2) is 0 Å². The molecule has 1 N–H and O–H groups in total. The first-order valence-corrected chi connectivity index (χ1v) is 11.4. The number of nitrogens with one attached hydrogen (secondary N) is 1. The molecule has 0 radical (unpaired) electrons.